The van der Waals surface area contributed by atoms with Crippen molar-refractivity contribution in [3.8, 4) is 0 Å². The number of aryl methyl sites for hydroxylation is 2. The van der Waals surface area contributed by atoms with E-state index in [0.717, 1.165) is 16.6 Å². The standard InChI is InChI=1S/C15H17NO4/c1-10-8-12-9-11(15(18)20-3)4-5-13(12)16(10)7-6-14(17)19-2/h4-5,8-9H,6-7H2,1-3H3. The Hall–Kier alpha value is -2.30. The molecule has 5 heteroatoms. The van der Waals surface area contributed by atoms with Crippen LogP contribution in [0.3, 0.4) is 0 Å². The van der Waals surface area contributed by atoms with Crippen molar-refractivity contribution < 1.29 is 19.1 Å². The Kier molecular flexibility index (Phi) is 4.08. The van der Waals surface area contributed by atoms with Crippen LogP contribution in [-0.4, -0.2) is 30.7 Å². The Balaban J connectivity index is 2.34. The quantitative estimate of drug-likeness (QED) is 0.803. The van der Waals surface area contributed by atoms with Gasteiger partial charge in [0.1, 0.15) is 0 Å². The molecule has 0 saturated carbocycles. The van der Waals surface area contributed by atoms with Crippen LogP contribution in [0.15, 0.2) is 24.3 Å². The van der Waals surface area contributed by atoms with Crippen molar-refractivity contribution in [1.29, 1.82) is 0 Å². The maximum atomic E-state index is 11.5. The van der Waals surface area contributed by atoms with Gasteiger partial charge < -0.3 is 14.0 Å². The van der Waals surface area contributed by atoms with Gasteiger partial charge in [0.15, 0.2) is 0 Å². The summed E-state index contributed by atoms with van der Waals surface area (Å²) in [7, 11) is 2.74. The van der Waals surface area contributed by atoms with E-state index < -0.39 is 0 Å². The molecule has 0 N–H and O–H groups in total. The number of nitrogens with zero attached hydrogens (tertiary/aromatic N) is 1. The average Bonchev–Trinajstić information content (AvgIpc) is 2.78. The first-order chi connectivity index (χ1) is 9.56. The maximum absolute atomic E-state index is 11.5. The van der Waals surface area contributed by atoms with Gasteiger partial charge in [0.2, 0.25) is 0 Å². The molecule has 0 saturated heterocycles. The van der Waals surface area contributed by atoms with Crippen LogP contribution in [0, 0.1) is 6.92 Å². The summed E-state index contributed by atoms with van der Waals surface area (Å²) >= 11 is 0. The molecule has 2 rings (SSSR count). The number of fused-ring (bicyclic) bond motifs is 1. The maximum Gasteiger partial charge on any atom is 0.337 e. The summed E-state index contributed by atoms with van der Waals surface area (Å²) in [6, 6.07) is 7.37. The number of rotatable bonds is 4. The lowest BCUT2D eigenvalue weighted by atomic mass is 10.1. The summed E-state index contributed by atoms with van der Waals surface area (Å²) in [5.74, 6) is -0.593. The number of aromatic nitrogens is 1. The van der Waals surface area contributed by atoms with Crippen LogP contribution in [0.4, 0.5) is 0 Å². The number of ether oxygens (including phenoxy) is 2. The lowest BCUT2D eigenvalue weighted by molar-refractivity contribution is -0.140. The Bertz CT molecular complexity index is 657. The third-order valence-electron chi connectivity index (χ3n) is 3.30. The molecule has 0 amide bonds. The molecule has 0 atom stereocenters. The third kappa shape index (κ3) is 2.66. The first-order valence-electron chi connectivity index (χ1n) is 6.32. The fraction of sp³-hybridized carbons (Fsp3) is 0.333. The second kappa shape index (κ2) is 5.77. The Morgan fingerprint density at radius 2 is 1.90 bits per heavy atom. The highest BCUT2D eigenvalue weighted by molar-refractivity contribution is 5.95. The van der Waals surface area contributed by atoms with E-state index in [9.17, 15) is 9.59 Å². The summed E-state index contributed by atoms with van der Waals surface area (Å²) in [6.07, 6.45) is 0.319. The second-order valence-corrected chi connectivity index (χ2v) is 4.53. The van der Waals surface area contributed by atoms with Gasteiger partial charge >= 0.3 is 11.9 Å². The van der Waals surface area contributed by atoms with E-state index in [1.54, 1.807) is 12.1 Å². The predicted molar refractivity (Wildman–Crippen MR) is 74.6 cm³/mol. The van der Waals surface area contributed by atoms with Gasteiger partial charge in [-0.2, -0.15) is 0 Å². The van der Waals surface area contributed by atoms with E-state index in [1.807, 2.05) is 23.6 Å². The van der Waals surface area contributed by atoms with Crippen LogP contribution in [0.1, 0.15) is 22.5 Å². The number of carbonyl (C=O) groups is 2. The van der Waals surface area contributed by atoms with Crippen LogP contribution in [-0.2, 0) is 20.8 Å². The van der Waals surface area contributed by atoms with Gasteiger partial charge in [-0.05, 0) is 31.2 Å². The van der Waals surface area contributed by atoms with Crippen molar-refractivity contribution in [3.63, 3.8) is 0 Å². The summed E-state index contributed by atoms with van der Waals surface area (Å²) in [4.78, 5) is 22.8. The van der Waals surface area contributed by atoms with Crippen molar-refractivity contribution in [2.45, 2.75) is 19.9 Å². The molecule has 1 aromatic heterocycles. The molecule has 0 fully saturated rings. The number of benzene rings is 1. The molecule has 2 aromatic rings. The smallest absolute Gasteiger partial charge is 0.337 e. The molecule has 1 aromatic carbocycles. The van der Waals surface area contributed by atoms with Crippen LogP contribution in [0.5, 0.6) is 0 Å². The van der Waals surface area contributed by atoms with Gasteiger partial charge in [-0.15, -0.1) is 0 Å². The number of methoxy groups -OCH3 is 2. The van der Waals surface area contributed by atoms with Gasteiger partial charge in [-0.1, -0.05) is 0 Å². The lowest BCUT2D eigenvalue weighted by Gasteiger charge is -2.07. The topological polar surface area (TPSA) is 57.5 Å². The summed E-state index contributed by atoms with van der Waals surface area (Å²) in [6.45, 7) is 2.52. The van der Waals surface area contributed by atoms with Gasteiger partial charge in [-0.3, -0.25) is 4.79 Å². The Morgan fingerprint density at radius 3 is 2.55 bits per heavy atom. The molecule has 0 radical (unpaired) electrons. The monoisotopic (exact) mass is 275 g/mol. The SMILES string of the molecule is COC(=O)CCn1c(C)cc2cc(C(=O)OC)ccc21. The zero-order chi connectivity index (χ0) is 14.7. The molecule has 0 spiro atoms. The third-order valence-corrected chi connectivity index (χ3v) is 3.30. The molecule has 0 unspecified atom stereocenters. The largest absolute Gasteiger partial charge is 0.469 e. The van der Waals surface area contributed by atoms with Crippen molar-refractivity contribution >= 4 is 22.8 Å². The van der Waals surface area contributed by atoms with E-state index in [1.165, 1.54) is 14.2 Å². The molecule has 106 valence electrons. The first-order valence-corrected chi connectivity index (χ1v) is 6.32. The van der Waals surface area contributed by atoms with E-state index >= 15 is 0 Å². The number of carbonyl (C=O) groups excluding carboxylic acids is 2. The van der Waals surface area contributed by atoms with Gasteiger partial charge in [0, 0.05) is 23.1 Å². The van der Waals surface area contributed by atoms with Crippen molar-refractivity contribution in [1.82, 2.24) is 4.57 Å². The predicted octanol–water partition coefficient (Wildman–Crippen LogP) is 2.30. The van der Waals surface area contributed by atoms with E-state index in [2.05, 4.69) is 4.74 Å². The molecular weight excluding hydrogens is 258 g/mol. The van der Waals surface area contributed by atoms with Crippen LogP contribution < -0.4 is 0 Å². The minimum Gasteiger partial charge on any atom is -0.469 e. The van der Waals surface area contributed by atoms with Crippen LogP contribution in [0.25, 0.3) is 10.9 Å². The molecule has 0 aliphatic rings. The summed E-state index contributed by atoms with van der Waals surface area (Å²) in [5.41, 5.74) is 2.54. The minimum absolute atomic E-state index is 0.238. The number of hydrogen-bond acceptors (Lipinski definition) is 4. The summed E-state index contributed by atoms with van der Waals surface area (Å²) < 4.78 is 11.4. The van der Waals surface area contributed by atoms with Crippen LogP contribution in [0.2, 0.25) is 0 Å². The molecule has 20 heavy (non-hydrogen) atoms. The highest BCUT2D eigenvalue weighted by Gasteiger charge is 2.11. The average molecular weight is 275 g/mol. The van der Waals surface area contributed by atoms with Crippen molar-refractivity contribution in [3.05, 3.63) is 35.5 Å². The number of hydrogen-bond donors (Lipinski definition) is 0. The lowest BCUT2D eigenvalue weighted by Crippen LogP contribution is -2.08. The second-order valence-electron chi connectivity index (χ2n) is 4.53. The molecule has 0 bridgehead atoms. The van der Waals surface area contributed by atoms with Crippen LogP contribution >= 0.6 is 0 Å². The first kappa shape index (κ1) is 14.1. The highest BCUT2D eigenvalue weighted by atomic mass is 16.5. The fourth-order valence-electron chi connectivity index (χ4n) is 2.26. The van der Waals surface area contributed by atoms with E-state index in [4.69, 9.17) is 4.74 Å². The Labute approximate surface area is 117 Å². The molecular formula is C15H17NO4. The van der Waals surface area contributed by atoms with Gasteiger partial charge in [-0.25, -0.2) is 4.79 Å². The van der Waals surface area contributed by atoms with E-state index in [-0.39, 0.29) is 11.9 Å². The molecule has 0 aliphatic heterocycles. The number of esters is 2. The van der Waals surface area contributed by atoms with Crippen molar-refractivity contribution in [2.75, 3.05) is 14.2 Å². The molecule has 5 nitrogen and oxygen atoms in total. The zero-order valence-corrected chi connectivity index (χ0v) is 11.8. The normalized spacial score (nSPS) is 10.6. The van der Waals surface area contributed by atoms with Gasteiger partial charge in [0.05, 0.1) is 26.2 Å². The fourth-order valence-corrected chi connectivity index (χ4v) is 2.26. The highest BCUT2D eigenvalue weighted by Crippen LogP contribution is 2.22. The van der Waals surface area contributed by atoms with Gasteiger partial charge in [0.25, 0.3) is 0 Å². The zero-order valence-electron chi connectivity index (χ0n) is 11.8. The minimum atomic E-state index is -0.355. The van der Waals surface area contributed by atoms with Crippen molar-refractivity contribution in [2.24, 2.45) is 0 Å². The Morgan fingerprint density at radius 1 is 1.15 bits per heavy atom. The molecule has 1 heterocycles. The summed E-state index contributed by atoms with van der Waals surface area (Å²) in [5, 5.41) is 0.954. The van der Waals surface area contributed by atoms with E-state index in [0.29, 0.717) is 18.5 Å². The molecule has 0 aliphatic carbocycles.